The van der Waals surface area contributed by atoms with E-state index in [0.717, 1.165) is 17.5 Å². The predicted molar refractivity (Wildman–Crippen MR) is 157 cm³/mol. The van der Waals surface area contributed by atoms with Crippen LogP contribution in [0.4, 0.5) is 11.6 Å². The monoisotopic (exact) mass is 582 g/mol. The fraction of sp³-hybridized carbons (Fsp3) is 0.448. The molecule has 4 rings (SSSR count). The molecule has 41 heavy (non-hydrogen) atoms. The van der Waals surface area contributed by atoms with Crippen LogP contribution in [-0.4, -0.2) is 60.7 Å². The number of ether oxygens (including phenoxy) is 2. The van der Waals surface area contributed by atoms with Gasteiger partial charge in [0.05, 0.1) is 24.0 Å². The van der Waals surface area contributed by atoms with Crippen molar-refractivity contribution in [2.45, 2.75) is 64.6 Å². The molecule has 0 radical (unpaired) electrons. The zero-order valence-electron chi connectivity index (χ0n) is 24.3. The lowest BCUT2D eigenvalue weighted by Crippen LogP contribution is -2.41. The Hall–Kier alpha value is -3.77. The lowest BCUT2D eigenvalue weighted by molar-refractivity contribution is 0.0541. The van der Waals surface area contributed by atoms with Crippen molar-refractivity contribution in [3.8, 4) is 17.1 Å². The molecule has 1 saturated heterocycles. The summed E-state index contributed by atoms with van der Waals surface area (Å²) in [7, 11) is -4.27. The number of nitrogens with two attached hydrogens (primary N) is 1. The van der Waals surface area contributed by atoms with Crippen molar-refractivity contribution in [3.63, 3.8) is 0 Å². The minimum absolute atomic E-state index is 0.0315. The molecule has 0 saturated carbocycles. The van der Waals surface area contributed by atoms with Gasteiger partial charge in [-0.15, -0.1) is 0 Å². The van der Waals surface area contributed by atoms with E-state index >= 15 is 0 Å². The number of sulfonamides is 1. The van der Waals surface area contributed by atoms with E-state index in [4.69, 9.17) is 20.2 Å². The van der Waals surface area contributed by atoms with Crippen LogP contribution >= 0.6 is 0 Å². The summed E-state index contributed by atoms with van der Waals surface area (Å²) in [4.78, 5) is 28.7. The zero-order chi connectivity index (χ0) is 29.9. The number of nitrogens with zero attached hydrogens (tertiary/aromatic N) is 4. The van der Waals surface area contributed by atoms with Gasteiger partial charge in [0.1, 0.15) is 18.2 Å². The van der Waals surface area contributed by atoms with Gasteiger partial charge in [-0.2, -0.15) is 8.42 Å². The molecule has 0 aliphatic carbocycles. The normalized spacial score (nSPS) is 16.7. The number of hydrogen-bond donors (Lipinski definition) is 2. The molecule has 12 heteroatoms. The number of carbonyl (C=O) groups is 1. The van der Waals surface area contributed by atoms with Crippen LogP contribution in [0.3, 0.4) is 0 Å². The summed E-state index contributed by atoms with van der Waals surface area (Å²) in [5, 5.41) is -0.341. The molecule has 3 aromatic heterocycles. The van der Waals surface area contributed by atoms with E-state index in [0.29, 0.717) is 43.1 Å². The van der Waals surface area contributed by atoms with E-state index in [2.05, 4.69) is 40.4 Å². The number of aryl methyl sites for hydroxylation is 1. The summed E-state index contributed by atoms with van der Waals surface area (Å²) in [5.74, 6) is 0.483. The average molecular weight is 583 g/mol. The fourth-order valence-electron chi connectivity index (χ4n) is 5.04. The maximum absolute atomic E-state index is 13.4. The Morgan fingerprint density at radius 1 is 1.20 bits per heavy atom. The van der Waals surface area contributed by atoms with Gasteiger partial charge in [0.2, 0.25) is 5.88 Å². The largest absolute Gasteiger partial charge is 0.475 e. The van der Waals surface area contributed by atoms with Crippen LogP contribution in [-0.2, 0) is 14.8 Å². The third-order valence-corrected chi connectivity index (χ3v) is 8.03. The quantitative estimate of drug-likeness (QED) is 0.336. The first kappa shape index (κ1) is 30.2. The molecular formula is C29H38N6O5S. The maximum atomic E-state index is 13.4. The maximum Gasteiger partial charge on any atom is 0.281 e. The third-order valence-electron chi connectivity index (χ3n) is 6.80. The van der Waals surface area contributed by atoms with Crippen molar-refractivity contribution < 1.29 is 22.7 Å². The molecule has 1 fully saturated rings. The van der Waals surface area contributed by atoms with E-state index in [1.807, 2.05) is 26.8 Å². The molecule has 0 spiro atoms. The number of nitrogen functional groups attached to an aromatic ring is 1. The van der Waals surface area contributed by atoms with Gasteiger partial charge >= 0.3 is 0 Å². The molecule has 220 valence electrons. The number of hydrogen-bond acceptors (Lipinski definition) is 10. The molecule has 0 aromatic carbocycles. The van der Waals surface area contributed by atoms with E-state index in [9.17, 15) is 13.2 Å². The summed E-state index contributed by atoms with van der Waals surface area (Å²) >= 11 is 0. The smallest absolute Gasteiger partial charge is 0.281 e. The first-order valence-electron chi connectivity index (χ1n) is 13.6. The molecule has 1 aliphatic heterocycles. The summed E-state index contributed by atoms with van der Waals surface area (Å²) in [5.41, 5.74) is 7.65. The number of amides is 1. The van der Waals surface area contributed by atoms with Crippen LogP contribution < -0.4 is 20.1 Å². The summed E-state index contributed by atoms with van der Waals surface area (Å²) in [6.45, 7) is 13.6. The Bertz CT molecular complexity index is 1530. The highest BCUT2D eigenvalue weighted by Crippen LogP contribution is 2.38. The van der Waals surface area contributed by atoms with Crippen LogP contribution in [0.5, 0.6) is 5.88 Å². The Morgan fingerprint density at radius 2 is 1.95 bits per heavy atom. The van der Waals surface area contributed by atoms with Gasteiger partial charge in [-0.1, -0.05) is 13.0 Å². The fourth-order valence-corrected chi connectivity index (χ4v) is 5.98. The number of aromatic nitrogens is 3. The highest BCUT2D eigenvalue weighted by Gasteiger charge is 2.39. The first-order chi connectivity index (χ1) is 19.3. The van der Waals surface area contributed by atoms with Gasteiger partial charge in [0, 0.05) is 29.4 Å². The Morgan fingerprint density at radius 3 is 2.59 bits per heavy atom. The van der Waals surface area contributed by atoms with Gasteiger partial charge in [-0.05, 0) is 77.3 Å². The minimum Gasteiger partial charge on any atom is -0.475 e. The molecule has 0 bridgehead atoms. The lowest BCUT2D eigenvalue weighted by Gasteiger charge is -2.34. The van der Waals surface area contributed by atoms with Crippen LogP contribution in [0.1, 0.15) is 57.0 Å². The van der Waals surface area contributed by atoms with Gasteiger partial charge in [0.15, 0.2) is 5.03 Å². The highest BCUT2D eigenvalue weighted by atomic mass is 32.2. The minimum atomic E-state index is -4.27. The van der Waals surface area contributed by atoms with Crippen molar-refractivity contribution >= 4 is 27.6 Å². The SMILES string of the molecule is Cc1cc(-c2ccc(C(=O)NS(=O)(=O)c3cccc(N)n3)c(N3C[C@@H](C)CC3(C)C)n2)cnc1OCCOC(C)C. The molecule has 0 unspecified atom stereocenters. The molecule has 1 aliphatic rings. The summed E-state index contributed by atoms with van der Waals surface area (Å²) < 4.78 is 39.3. The van der Waals surface area contributed by atoms with Crippen molar-refractivity contribution in [1.29, 1.82) is 0 Å². The van der Waals surface area contributed by atoms with Gasteiger partial charge in [-0.3, -0.25) is 4.79 Å². The summed E-state index contributed by atoms with van der Waals surface area (Å²) in [6, 6.07) is 9.41. The average Bonchev–Trinajstić information content (AvgIpc) is 3.18. The molecule has 3 aromatic rings. The number of pyridine rings is 3. The van der Waals surface area contributed by atoms with Crippen LogP contribution in [0.25, 0.3) is 11.3 Å². The van der Waals surface area contributed by atoms with Crippen LogP contribution in [0.15, 0.2) is 47.6 Å². The Kier molecular flexibility index (Phi) is 8.83. The molecule has 1 atom stereocenters. The van der Waals surface area contributed by atoms with E-state index < -0.39 is 15.9 Å². The second kappa shape index (κ2) is 12.0. The second-order valence-corrected chi connectivity index (χ2v) is 12.9. The second-order valence-electron chi connectivity index (χ2n) is 11.2. The molecule has 1 amide bonds. The lowest BCUT2D eigenvalue weighted by atomic mass is 9.97. The first-order valence-corrected chi connectivity index (χ1v) is 15.0. The summed E-state index contributed by atoms with van der Waals surface area (Å²) in [6.07, 6.45) is 2.68. The Labute approximate surface area is 241 Å². The molecular weight excluding hydrogens is 544 g/mol. The van der Waals surface area contributed by atoms with Crippen molar-refractivity contribution in [2.24, 2.45) is 5.92 Å². The van der Waals surface area contributed by atoms with Crippen LogP contribution in [0.2, 0.25) is 0 Å². The molecule has 3 N–H and O–H groups in total. The van der Waals surface area contributed by atoms with E-state index in [1.54, 1.807) is 18.3 Å². The van der Waals surface area contributed by atoms with Crippen molar-refractivity contribution in [1.82, 2.24) is 19.7 Å². The number of carbonyl (C=O) groups excluding carboxylic acids is 1. The topological polar surface area (TPSA) is 150 Å². The van der Waals surface area contributed by atoms with E-state index in [1.165, 1.54) is 18.2 Å². The zero-order valence-corrected chi connectivity index (χ0v) is 25.2. The Balaban J connectivity index is 1.67. The third kappa shape index (κ3) is 7.12. The predicted octanol–water partition coefficient (Wildman–Crippen LogP) is 3.98. The van der Waals surface area contributed by atoms with E-state index in [-0.39, 0.29) is 28.1 Å². The van der Waals surface area contributed by atoms with Gasteiger partial charge in [0.25, 0.3) is 15.9 Å². The molecule has 4 heterocycles. The van der Waals surface area contributed by atoms with Gasteiger partial charge in [-0.25, -0.2) is 19.7 Å². The van der Waals surface area contributed by atoms with Crippen molar-refractivity contribution in [2.75, 3.05) is 30.4 Å². The number of nitrogens with one attached hydrogen (secondary N) is 1. The van der Waals surface area contributed by atoms with Gasteiger partial charge < -0.3 is 20.1 Å². The number of anilines is 2. The number of rotatable bonds is 10. The molecule has 11 nitrogen and oxygen atoms in total. The van der Waals surface area contributed by atoms with Crippen molar-refractivity contribution in [3.05, 3.63) is 53.7 Å². The standard InChI is InChI=1S/C29H38N6O5S/c1-18(2)39-12-13-40-28-20(4)14-21(16-31-28)23-11-10-22(26(32-23)35-17-19(3)15-29(35,5)6)27(36)34-41(37,38)25-9-7-8-24(30)33-25/h7-11,14,16,18-19H,12-13,15,17H2,1-6H3,(H2,30,33)(H,34,36)/t19-/m0/s1. The highest BCUT2D eigenvalue weighted by molar-refractivity contribution is 7.90. The van der Waals surface area contributed by atoms with Crippen LogP contribution in [0, 0.1) is 12.8 Å².